The molecule has 0 amide bonds. The molecule has 0 aliphatic heterocycles. The Hall–Kier alpha value is -3.28. The van der Waals surface area contributed by atoms with Crippen LogP contribution in [0.4, 0.5) is 0 Å². The Labute approximate surface area is 226 Å². The Morgan fingerprint density at radius 3 is 1.21 bits per heavy atom. The Balaban J connectivity index is 2.06. The topological polar surface area (TPSA) is 71.1 Å². The van der Waals surface area contributed by atoms with Gasteiger partial charge < -0.3 is 18.9 Å². The van der Waals surface area contributed by atoms with Gasteiger partial charge in [0.2, 0.25) is 0 Å². The van der Waals surface area contributed by atoms with E-state index >= 15 is 0 Å². The molecule has 0 heterocycles. The molecule has 0 aliphatic carbocycles. The lowest BCUT2D eigenvalue weighted by Crippen LogP contribution is -2.29. The van der Waals surface area contributed by atoms with E-state index in [1.165, 1.54) is 14.2 Å². The lowest BCUT2D eigenvalue weighted by molar-refractivity contribution is -0.149. The lowest BCUT2D eigenvalue weighted by Gasteiger charge is -2.23. The second-order valence-electron chi connectivity index (χ2n) is 9.71. The highest BCUT2D eigenvalue weighted by Crippen LogP contribution is 2.44. The number of rotatable bonds is 16. The Kier molecular flexibility index (Phi) is 11.7. The maximum Gasteiger partial charge on any atom is 0.347 e. The lowest BCUT2D eigenvalue weighted by atomic mass is 10.00. The summed E-state index contributed by atoms with van der Waals surface area (Å²) in [6, 6.07) is 15.6. The van der Waals surface area contributed by atoms with Gasteiger partial charge in [0.05, 0.1) is 14.2 Å². The van der Waals surface area contributed by atoms with Gasteiger partial charge in [-0.25, -0.2) is 9.59 Å². The van der Waals surface area contributed by atoms with Gasteiger partial charge in [-0.15, -0.1) is 0 Å². The van der Waals surface area contributed by atoms with Gasteiger partial charge in [-0.05, 0) is 25.7 Å². The molecule has 0 saturated carbocycles. The fourth-order valence-corrected chi connectivity index (χ4v) is 4.81. The number of methoxy groups -OCH3 is 2. The van der Waals surface area contributed by atoms with Gasteiger partial charge in [0, 0.05) is 21.5 Å². The number of esters is 2. The highest BCUT2D eigenvalue weighted by atomic mass is 16.6. The second kappa shape index (κ2) is 15.2. The summed E-state index contributed by atoms with van der Waals surface area (Å²) in [5.41, 5.74) is 0. The quantitative estimate of drug-likeness (QED) is 0.109. The molecule has 2 atom stereocenters. The number of ether oxygens (including phenoxy) is 4. The highest BCUT2D eigenvalue weighted by molar-refractivity contribution is 6.11. The molecule has 0 saturated heterocycles. The minimum atomic E-state index is -0.711. The molecule has 0 radical (unpaired) electrons. The van der Waals surface area contributed by atoms with Crippen LogP contribution < -0.4 is 9.47 Å². The molecular formula is C32H42O6. The average molecular weight is 523 g/mol. The average Bonchev–Trinajstić information content (AvgIpc) is 2.96. The summed E-state index contributed by atoms with van der Waals surface area (Å²) in [7, 11) is 2.79. The fourth-order valence-electron chi connectivity index (χ4n) is 4.81. The Bertz CT molecular complexity index is 1040. The van der Waals surface area contributed by atoms with Crippen LogP contribution in [-0.2, 0) is 19.1 Å². The molecule has 6 nitrogen and oxygen atoms in total. The SMILES string of the molecule is CCCCCCC(Oc1c2ccccc2c(OC(CCCCCC)C(=O)OC)c2ccccc12)C(=O)OC. The van der Waals surface area contributed by atoms with Gasteiger partial charge in [-0.3, -0.25) is 0 Å². The first-order chi connectivity index (χ1) is 18.5. The number of unbranched alkanes of at least 4 members (excludes halogenated alkanes) is 6. The van der Waals surface area contributed by atoms with E-state index in [1.54, 1.807) is 0 Å². The van der Waals surface area contributed by atoms with Crippen molar-refractivity contribution < 1.29 is 28.5 Å². The molecule has 38 heavy (non-hydrogen) atoms. The normalized spacial score (nSPS) is 12.7. The van der Waals surface area contributed by atoms with Gasteiger partial charge in [-0.1, -0.05) is 101 Å². The minimum absolute atomic E-state index is 0.382. The van der Waals surface area contributed by atoms with Crippen molar-refractivity contribution in [3.63, 3.8) is 0 Å². The molecule has 0 spiro atoms. The third-order valence-electron chi connectivity index (χ3n) is 6.92. The number of benzene rings is 3. The van der Waals surface area contributed by atoms with Crippen molar-refractivity contribution in [2.24, 2.45) is 0 Å². The van der Waals surface area contributed by atoms with E-state index in [-0.39, 0.29) is 11.9 Å². The zero-order valence-electron chi connectivity index (χ0n) is 23.3. The predicted octanol–water partition coefficient (Wildman–Crippen LogP) is 7.77. The van der Waals surface area contributed by atoms with Gasteiger partial charge in [-0.2, -0.15) is 0 Å². The van der Waals surface area contributed by atoms with Crippen LogP contribution in [0.5, 0.6) is 11.5 Å². The number of hydrogen-bond acceptors (Lipinski definition) is 6. The first-order valence-electron chi connectivity index (χ1n) is 14.0. The third-order valence-corrected chi connectivity index (χ3v) is 6.92. The number of carbonyl (C=O) groups excluding carboxylic acids is 2. The van der Waals surface area contributed by atoms with E-state index in [2.05, 4.69) is 13.8 Å². The molecule has 2 unspecified atom stereocenters. The predicted molar refractivity (Wildman–Crippen MR) is 152 cm³/mol. The van der Waals surface area contributed by atoms with Crippen molar-refractivity contribution in [2.45, 2.75) is 90.3 Å². The van der Waals surface area contributed by atoms with Crippen LogP contribution in [0.2, 0.25) is 0 Å². The molecule has 0 bridgehead atoms. The van der Waals surface area contributed by atoms with Crippen LogP contribution >= 0.6 is 0 Å². The molecule has 0 fully saturated rings. The van der Waals surface area contributed by atoms with Crippen molar-refractivity contribution in [2.75, 3.05) is 14.2 Å². The van der Waals surface area contributed by atoms with Crippen LogP contribution in [0.15, 0.2) is 48.5 Å². The summed E-state index contributed by atoms with van der Waals surface area (Å²) >= 11 is 0. The van der Waals surface area contributed by atoms with Crippen molar-refractivity contribution in [1.82, 2.24) is 0 Å². The molecule has 0 aromatic heterocycles. The van der Waals surface area contributed by atoms with Crippen LogP contribution in [0.1, 0.15) is 78.1 Å². The molecule has 6 heteroatoms. The Morgan fingerprint density at radius 1 is 0.579 bits per heavy atom. The molecule has 3 aromatic carbocycles. The second-order valence-corrected chi connectivity index (χ2v) is 9.71. The molecule has 0 N–H and O–H groups in total. The van der Waals surface area contributed by atoms with Gasteiger partial charge in [0.15, 0.2) is 12.2 Å². The molecule has 3 rings (SSSR count). The highest BCUT2D eigenvalue weighted by Gasteiger charge is 2.27. The summed E-state index contributed by atoms with van der Waals surface area (Å²) in [5, 5.41) is 3.27. The molecule has 0 aliphatic rings. The number of hydrogen-bond donors (Lipinski definition) is 0. The third kappa shape index (κ3) is 7.40. The van der Waals surface area contributed by atoms with Crippen LogP contribution in [0.3, 0.4) is 0 Å². The Morgan fingerprint density at radius 2 is 0.921 bits per heavy atom. The van der Waals surface area contributed by atoms with Crippen molar-refractivity contribution >= 4 is 33.5 Å². The molecule has 206 valence electrons. The number of carbonyl (C=O) groups is 2. The van der Waals surface area contributed by atoms with E-state index in [0.717, 1.165) is 72.9 Å². The zero-order valence-corrected chi connectivity index (χ0v) is 23.3. The van der Waals surface area contributed by atoms with E-state index in [4.69, 9.17) is 18.9 Å². The van der Waals surface area contributed by atoms with Crippen LogP contribution in [-0.4, -0.2) is 38.4 Å². The smallest absolute Gasteiger partial charge is 0.347 e. The van der Waals surface area contributed by atoms with Crippen molar-refractivity contribution in [1.29, 1.82) is 0 Å². The van der Waals surface area contributed by atoms with Gasteiger partial charge in [0.25, 0.3) is 0 Å². The van der Waals surface area contributed by atoms with Crippen LogP contribution in [0.25, 0.3) is 21.5 Å². The number of fused-ring (bicyclic) bond motifs is 2. The monoisotopic (exact) mass is 522 g/mol. The van der Waals surface area contributed by atoms with Crippen molar-refractivity contribution in [3.8, 4) is 11.5 Å². The standard InChI is InChI=1S/C32H42O6/c1-5-7-9-11-21-27(31(33)35-3)37-29-23-17-13-15-19-25(23)30(26-20-16-14-18-24(26)29)38-28(32(34)36-4)22-12-10-8-6-2/h13-20,27-28H,5-12,21-22H2,1-4H3. The summed E-state index contributed by atoms with van der Waals surface area (Å²) in [6.07, 6.45) is 8.03. The van der Waals surface area contributed by atoms with E-state index in [1.807, 2.05) is 48.5 Å². The van der Waals surface area contributed by atoms with Crippen molar-refractivity contribution in [3.05, 3.63) is 48.5 Å². The maximum absolute atomic E-state index is 12.7. The largest absolute Gasteiger partial charge is 0.477 e. The minimum Gasteiger partial charge on any atom is -0.477 e. The molecular weight excluding hydrogens is 480 g/mol. The molecule has 3 aromatic rings. The first-order valence-corrected chi connectivity index (χ1v) is 14.0. The van der Waals surface area contributed by atoms with E-state index in [0.29, 0.717) is 24.3 Å². The summed E-state index contributed by atoms with van der Waals surface area (Å²) < 4.78 is 23.1. The van der Waals surface area contributed by atoms with E-state index < -0.39 is 12.2 Å². The van der Waals surface area contributed by atoms with Gasteiger partial charge >= 0.3 is 11.9 Å². The van der Waals surface area contributed by atoms with E-state index in [9.17, 15) is 9.59 Å². The maximum atomic E-state index is 12.7. The first kappa shape index (κ1) is 29.3. The summed E-state index contributed by atoms with van der Waals surface area (Å²) in [5.74, 6) is 0.472. The summed E-state index contributed by atoms with van der Waals surface area (Å²) in [4.78, 5) is 25.4. The summed E-state index contributed by atoms with van der Waals surface area (Å²) in [6.45, 7) is 4.32. The zero-order chi connectivity index (χ0) is 27.3. The van der Waals surface area contributed by atoms with Crippen LogP contribution in [0, 0.1) is 0 Å². The van der Waals surface area contributed by atoms with Gasteiger partial charge in [0.1, 0.15) is 11.5 Å². The fraction of sp³-hybridized carbons (Fsp3) is 0.500.